The third-order valence-electron chi connectivity index (χ3n) is 3.82. The monoisotopic (exact) mass is 347 g/mol. The number of fused-ring (bicyclic) bond motifs is 1. The first-order chi connectivity index (χ1) is 12.3. The highest BCUT2D eigenvalue weighted by Crippen LogP contribution is 2.30. The smallest absolute Gasteiger partial charge is 0.327 e. The zero-order chi connectivity index (χ0) is 17.2. The summed E-state index contributed by atoms with van der Waals surface area (Å²) in [6, 6.07) is 18.2. The van der Waals surface area contributed by atoms with Crippen molar-refractivity contribution >= 4 is 28.5 Å². The number of nitrogens with zero attached hydrogens (tertiary/aromatic N) is 2. The average Bonchev–Trinajstić information content (AvgIpc) is 3.11. The second-order valence-corrected chi connectivity index (χ2v) is 6.78. The Morgan fingerprint density at radius 1 is 1.04 bits per heavy atom. The van der Waals surface area contributed by atoms with Crippen LogP contribution in [0.15, 0.2) is 76.9 Å². The van der Waals surface area contributed by atoms with E-state index in [1.54, 1.807) is 24.4 Å². The lowest BCUT2D eigenvalue weighted by atomic mass is 10.1. The Labute approximate surface area is 146 Å². The van der Waals surface area contributed by atoms with Gasteiger partial charge in [0, 0.05) is 11.8 Å². The molecule has 6 heteroatoms. The van der Waals surface area contributed by atoms with Gasteiger partial charge in [-0.05, 0) is 42.5 Å². The van der Waals surface area contributed by atoms with Gasteiger partial charge in [0.05, 0.1) is 33.5 Å². The second kappa shape index (κ2) is 6.51. The Morgan fingerprint density at radius 2 is 1.88 bits per heavy atom. The topological polar surface area (TPSA) is 81.7 Å². The van der Waals surface area contributed by atoms with Crippen molar-refractivity contribution in [3.8, 4) is 11.3 Å². The highest BCUT2D eigenvalue weighted by atomic mass is 32.2. The molecule has 2 aromatic carbocycles. The predicted octanol–water partition coefficient (Wildman–Crippen LogP) is 3.60. The van der Waals surface area contributed by atoms with Crippen molar-refractivity contribution in [2.45, 2.75) is 10.1 Å². The third-order valence-corrected chi connectivity index (χ3v) is 5.12. The number of aromatic nitrogens is 3. The van der Waals surface area contributed by atoms with Crippen LogP contribution in [0.25, 0.3) is 22.3 Å². The van der Waals surface area contributed by atoms with Crippen LogP contribution < -0.4 is 0 Å². The van der Waals surface area contributed by atoms with Crippen LogP contribution in [-0.4, -0.2) is 25.8 Å². The van der Waals surface area contributed by atoms with E-state index < -0.39 is 11.2 Å². The van der Waals surface area contributed by atoms with Gasteiger partial charge in [0.1, 0.15) is 6.29 Å². The summed E-state index contributed by atoms with van der Waals surface area (Å²) in [6.07, 6.45) is 2.47. The fourth-order valence-electron chi connectivity index (χ4n) is 2.63. The number of imidazole rings is 1. The number of aldehydes is 1. The van der Waals surface area contributed by atoms with Crippen LogP contribution in [0.5, 0.6) is 0 Å². The van der Waals surface area contributed by atoms with Crippen molar-refractivity contribution < 1.29 is 9.35 Å². The fourth-order valence-corrected chi connectivity index (χ4v) is 3.79. The lowest BCUT2D eigenvalue weighted by molar-refractivity contribution is 0.112. The molecule has 4 rings (SSSR count). The molecule has 5 nitrogen and oxygen atoms in total. The zero-order valence-corrected chi connectivity index (χ0v) is 13.9. The van der Waals surface area contributed by atoms with E-state index in [2.05, 4.69) is 15.0 Å². The van der Waals surface area contributed by atoms with E-state index in [0.29, 0.717) is 21.1 Å². The Bertz CT molecular complexity index is 1050. The SMILES string of the molecule is O=Cc1ccc2[nH]c([S+]([O-])c3ccccc3-c3ccccn3)nc2c1. The minimum atomic E-state index is -1.50. The number of H-pyrrole nitrogens is 1. The van der Waals surface area contributed by atoms with Gasteiger partial charge in [-0.25, -0.2) is 0 Å². The molecule has 4 aromatic rings. The average molecular weight is 347 g/mol. The van der Waals surface area contributed by atoms with Gasteiger partial charge in [0.2, 0.25) is 0 Å². The Balaban J connectivity index is 1.79. The van der Waals surface area contributed by atoms with E-state index >= 15 is 0 Å². The van der Waals surface area contributed by atoms with E-state index in [0.717, 1.165) is 23.1 Å². The molecule has 0 aliphatic heterocycles. The number of rotatable bonds is 4. The van der Waals surface area contributed by atoms with Crippen LogP contribution >= 0.6 is 0 Å². The first-order valence-electron chi connectivity index (χ1n) is 7.63. The number of hydrogen-bond acceptors (Lipinski definition) is 4. The summed E-state index contributed by atoms with van der Waals surface area (Å²) < 4.78 is 13.1. The summed E-state index contributed by atoms with van der Waals surface area (Å²) in [6.45, 7) is 0. The molecule has 1 N–H and O–H groups in total. The van der Waals surface area contributed by atoms with Crippen molar-refractivity contribution in [1.82, 2.24) is 15.0 Å². The standard InChI is InChI=1S/C19H13N3O2S/c23-12-13-8-9-16-17(11-13)22-19(21-16)25(24)18-7-2-1-5-14(18)15-6-3-4-10-20-15/h1-12H,(H,21,22). The van der Waals surface area contributed by atoms with Crippen molar-refractivity contribution in [2.75, 3.05) is 0 Å². The molecule has 1 atom stereocenters. The van der Waals surface area contributed by atoms with E-state index in [9.17, 15) is 9.35 Å². The van der Waals surface area contributed by atoms with Gasteiger partial charge in [-0.3, -0.25) is 14.8 Å². The normalized spacial score (nSPS) is 12.2. The molecular formula is C19H13N3O2S. The molecule has 2 aromatic heterocycles. The number of carbonyl (C=O) groups is 1. The molecule has 2 heterocycles. The molecule has 0 spiro atoms. The van der Waals surface area contributed by atoms with Gasteiger partial charge in [-0.2, -0.15) is 4.98 Å². The van der Waals surface area contributed by atoms with Gasteiger partial charge >= 0.3 is 5.16 Å². The molecule has 0 fully saturated rings. The number of carbonyl (C=O) groups excluding carboxylic acids is 1. The van der Waals surface area contributed by atoms with Gasteiger partial charge in [0.15, 0.2) is 4.90 Å². The molecular weight excluding hydrogens is 334 g/mol. The van der Waals surface area contributed by atoms with Crippen LogP contribution in [0.4, 0.5) is 0 Å². The van der Waals surface area contributed by atoms with Crippen LogP contribution in [0.1, 0.15) is 10.4 Å². The van der Waals surface area contributed by atoms with E-state index in [-0.39, 0.29) is 0 Å². The minimum absolute atomic E-state index is 0.349. The lowest BCUT2D eigenvalue weighted by Gasteiger charge is -2.10. The highest BCUT2D eigenvalue weighted by molar-refractivity contribution is 7.91. The van der Waals surface area contributed by atoms with Crippen LogP contribution in [-0.2, 0) is 11.2 Å². The number of hydrogen-bond donors (Lipinski definition) is 1. The third kappa shape index (κ3) is 2.93. The Morgan fingerprint density at radius 3 is 2.68 bits per heavy atom. The predicted molar refractivity (Wildman–Crippen MR) is 95.8 cm³/mol. The number of aromatic amines is 1. The van der Waals surface area contributed by atoms with Gasteiger partial charge in [-0.1, -0.05) is 18.2 Å². The van der Waals surface area contributed by atoms with Crippen LogP contribution in [0.2, 0.25) is 0 Å². The van der Waals surface area contributed by atoms with Crippen LogP contribution in [0.3, 0.4) is 0 Å². The molecule has 0 aliphatic rings. The maximum Gasteiger partial charge on any atom is 0.327 e. The number of nitrogens with one attached hydrogen (secondary N) is 1. The number of benzene rings is 2. The molecule has 25 heavy (non-hydrogen) atoms. The lowest BCUT2D eigenvalue weighted by Crippen LogP contribution is -2.06. The zero-order valence-electron chi connectivity index (χ0n) is 13.0. The quantitative estimate of drug-likeness (QED) is 0.452. The summed E-state index contributed by atoms with van der Waals surface area (Å²) >= 11 is -1.50. The first kappa shape index (κ1) is 15.6. The molecule has 0 saturated heterocycles. The maximum absolute atomic E-state index is 13.1. The molecule has 0 bridgehead atoms. The Hall–Kier alpha value is -2.96. The van der Waals surface area contributed by atoms with Crippen LogP contribution in [0, 0.1) is 0 Å². The summed E-state index contributed by atoms with van der Waals surface area (Å²) in [5.74, 6) is 0. The van der Waals surface area contributed by atoms with Crippen molar-refractivity contribution in [3.63, 3.8) is 0 Å². The number of pyridine rings is 1. The van der Waals surface area contributed by atoms with Crippen molar-refractivity contribution in [2.24, 2.45) is 0 Å². The van der Waals surface area contributed by atoms with E-state index in [1.165, 1.54) is 0 Å². The first-order valence-corrected chi connectivity index (χ1v) is 8.78. The molecule has 0 saturated carbocycles. The summed E-state index contributed by atoms with van der Waals surface area (Å²) in [7, 11) is 0. The summed E-state index contributed by atoms with van der Waals surface area (Å²) in [5.41, 5.74) is 3.44. The largest absolute Gasteiger partial charge is 0.604 e. The summed E-state index contributed by atoms with van der Waals surface area (Å²) in [5, 5.41) is 0.349. The van der Waals surface area contributed by atoms with Gasteiger partial charge < -0.3 is 4.55 Å². The van der Waals surface area contributed by atoms with E-state index in [1.807, 2.05) is 42.5 Å². The van der Waals surface area contributed by atoms with Crippen molar-refractivity contribution in [3.05, 3.63) is 72.4 Å². The second-order valence-electron chi connectivity index (χ2n) is 5.42. The molecule has 0 radical (unpaired) electrons. The minimum Gasteiger partial charge on any atom is -0.604 e. The summed E-state index contributed by atoms with van der Waals surface area (Å²) in [4.78, 5) is 23.4. The van der Waals surface area contributed by atoms with Gasteiger partial charge in [-0.15, -0.1) is 0 Å². The molecule has 0 aliphatic carbocycles. The van der Waals surface area contributed by atoms with E-state index in [4.69, 9.17) is 0 Å². The fraction of sp³-hybridized carbons (Fsp3) is 0. The molecule has 1 unspecified atom stereocenters. The molecule has 0 amide bonds. The maximum atomic E-state index is 13.1. The molecule has 122 valence electrons. The highest BCUT2D eigenvalue weighted by Gasteiger charge is 2.24. The Kier molecular flexibility index (Phi) is 4.05. The van der Waals surface area contributed by atoms with Crippen molar-refractivity contribution in [1.29, 1.82) is 0 Å². The van der Waals surface area contributed by atoms with Gasteiger partial charge in [0.25, 0.3) is 0 Å².